The fourth-order valence-corrected chi connectivity index (χ4v) is 4.36. The molecule has 0 spiro atoms. The molecule has 22 heavy (non-hydrogen) atoms. The van der Waals surface area contributed by atoms with E-state index in [1.54, 1.807) is 12.1 Å². The quantitative estimate of drug-likeness (QED) is 0.854. The van der Waals surface area contributed by atoms with E-state index in [2.05, 4.69) is 0 Å². The Hall–Kier alpha value is -0.780. The summed E-state index contributed by atoms with van der Waals surface area (Å²) in [6, 6.07) is 6.96. The van der Waals surface area contributed by atoms with E-state index >= 15 is 0 Å². The van der Waals surface area contributed by atoms with Crippen molar-refractivity contribution < 1.29 is 9.18 Å². The minimum atomic E-state index is -0.211. The second-order valence-electron chi connectivity index (χ2n) is 5.99. The standard InChI is InChI=1S/C16H21FN2OS.ClH/c17-13-3-1-2-4-15(13)21-8-7-16(20)19-9-11-5-6-14(18)12(11)10-19;/h1-4,11-12,14H,5-10,18H2;1H. The SMILES string of the molecule is Cl.NC1CCC2CN(C(=O)CCSc3ccccc3F)CC12. The van der Waals surface area contributed by atoms with Gasteiger partial charge in [0.25, 0.3) is 0 Å². The Bertz CT molecular complexity index is 531. The van der Waals surface area contributed by atoms with Gasteiger partial charge >= 0.3 is 0 Å². The molecule has 3 rings (SSSR count). The maximum absolute atomic E-state index is 13.5. The summed E-state index contributed by atoms with van der Waals surface area (Å²) in [5.74, 6) is 1.69. The first kappa shape index (κ1) is 17.6. The first-order valence-electron chi connectivity index (χ1n) is 7.56. The molecule has 1 heterocycles. The van der Waals surface area contributed by atoms with Crippen LogP contribution in [0.1, 0.15) is 19.3 Å². The molecule has 1 aromatic carbocycles. The Morgan fingerprint density at radius 2 is 2.09 bits per heavy atom. The van der Waals surface area contributed by atoms with Crippen LogP contribution in [0.4, 0.5) is 4.39 Å². The molecule has 0 radical (unpaired) electrons. The molecule has 1 saturated heterocycles. The van der Waals surface area contributed by atoms with Crippen molar-refractivity contribution in [2.75, 3.05) is 18.8 Å². The van der Waals surface area contributed by atoms with Crippen molar-refractivity contribution in [1.82, 2.24) is 4.90 Å². The van der Waals surface area contributed by atoms with Crippen LogP contribution in [0.5, 0.6) is 0 Å². The molecule has 1 amide bonds. The van der Waals surface area contributed by atoms with Gasteiger partial charge in [0.2, 0.25) is 5.91 Å². The molecular formula is C16H22ClFN2OS. The molecule has 3 unspecified atom stereocenters. The smallest absolute Gasteiger partial charge is 0.223 e. The Balaban J connectivity index is 0.00000176. The molecule has 1 saturated carbocycles. The number of amides is 1. The minimum absolute atomic E-state index is 0. The fourth-order valence-electron chi connectivity index (χ4n) is 3.48. The van der Waals surface area contributed by atoms with Crippen LogP contribution in [-0.2, 0) is 4.79 Å². The van der Waals surface area contributed by atoms with Gasteiger partial charge in [-0.3, -0.25) is 4.79 Å². The van der Waals surface area contributed by atoms with E-state index in [1.807, 2.05) is 11.0 Å². The van der Waals surface area contributed by atoms with Crippen LogP contribution >= 0.6 is 24.2 Å². The van der Waals surface area contributed by atoms with Gasteiger partial charge in [0, 0.05) is 36.2 Å². The zero-order valence-corrected chi connectivity index (χ0v) is 14.0. The Labute approximate surface area is 141 Å². The highest BCUT2D eigenvalue weighted by Gasteiger charge is 2.42. The largest absolute Gasteiger partial charge is 0.342 e. The number of rotatable bonds is 4. The molecule has 1 aromatic rings. The van der Waals surface area contributed by atoms with Crippen molar-refractivity contribution in [3.05, 3.63) is 30.1 Å². The van der Waals surface area contributed by atoms with Crippen molar-refractivity contribution in [1.29, 1.82) is 0 Å². The van der Waals surface area contributed by atoms with Crippen molar-refractivity contribution in [3.63, 3.8) is 0 Å². The molecule has 2 fully saturated rings. The lowest BCUT2D eigenvalue weighted by molar-refractivity contribution is -0.130. The van der Waals surface area contributed by atoms with Crippen LogP contribution < -0.4 is 5.73 Å². The van der Waals surface area contributed by atoms with Gasteiger partial charge in [0.15, 0.2) is 0 Å². The molecular weight excluding hydrogens is 323 g/mol. The molecule has 2 aliphatic rings. The second-order valence-corrected chi connectivity index (χ2v) is 7.13. The molecule has 1 aliphatic carbocycles. The lowest BCUT2D eigenvalue weighted by atomic mass is 9.98. The third-order valence-electron chi connectivity index (χ3n) is 4.68. The van der Waals surface area contributed by atoms with E-state index in [4.69, 9.17) is 5.73 Å². The summed E-state index contributed by atoms with van der Waals surface area (Å²) in [4.78, 5) is 14.8. The average Bonchev–Trinajstić information content (AvgIpc) is 3.04. The normalized spacial score (nSPS) is 26.6. The Morgan fingerprint density at radius 1 is 1.32 bits per heavy atom. The number of carbonyl (C=O) groups excluding carboxylic acids is 1. The second kappa shape index (κ2) is 7.66. The van der Waals surface area contributed by atoms with Gasteiger partial charge in [-0.25, -0.2) is 4.39 Å². The third kappa shape index (κ3) is 3.76. The van der Waals surface area contributed by atoms with Gasteiger partial charge in [-0.2, -0.15) is 0 Å². The molecule has 2 N–H and O–H groups in total. The molecule has 3 atom stereocenters. The number of nitrogens with two attached hydrogens (primary N) is 1. The maximum atomic E-state index is 13.5. The lowest BCUT2D eigenvalue weighted by Crippen LogP contribution is -2.33. The zero-order valence-electron chi connectivity index (χ0n) is 12.4. The number of hydrogen-bond acceptors (Lipinski definition) is 3. The van der Waals surface area contributed by atoms with Crippen LogP contribution in [0.2, 0.25) is 0 Å². The molecule has 1 aliphatic heterocycles. The molecule has 0 aromatic heterocycles. The van der Waals surface area contributed by atoms with E-state index < -0.39 is 0 Å². The van der Waals surface area contributed by atoms with E-state index in [0.717, 1.165) is 25.9 Å². The van der Waals surface area contributed by atoms with Gasteiger partial charge in [-0.15, -0.1) is 24.2 Å². The maximum Gasteiger partial charge on any atom is 0.223 e. The highest BCUT2D eigenvalue weighted by molar-refractivity contribution is 7.99. The van der Waals surface area contributed by atoms with Crippen LogP contribution in [0.25, 0.3) is 0 Å². The molecule has 122 valence electrons. The summed E-state index contributed by atoms with van der Waals surface area (Å²) in [5.41, 5.74) is 6.09. The van der Waals surface area contributed by atoms with Crippen LogP contribution in [0.3, 0.4) is 0 Å². The molecule has 3 nitrogen and oxygen atoms in total. The number of fused-ring (bicyclic) bond motifs is 1. The number of likely N-dealkylation sites (tertiary alicyclic amines) is 1. The molecule has 0 bridgehead atoms. The summed E-state index contributed by atoms with van der Waals surface area (Å²) in [6.45, 7) is 1.68. The van der Waals surface area contributed by atoms with Crippen LogP contribution in [-0.4, -0.2) is 35.7 Å². The zero-order chi connectivity index (χ0) is 14.8. The molecule has 6 heteroatoms. The predicted octanol–water partition coefficient (Wildman–Crippen LogP) is 2.93. The highest BCUT2D eigenvalue weighted by atomic mass is 35.5. The summed E-state index contributed by atoms with van der Waals surface area (Å²) in [6.07, 6.45) is 2.72. The van der Waals surface area contributed by atoms with Gasteiger partial charge in [0.05, 0.1) is 0 Å². The average molecular weight is 345 g/mol. The van der Waals surface area contributed by atoms with E-state index in [1.165, 1.54) is 17.8 Å². The summed E-state index contributed by atoms with van der Waals surface area (Å²) < 4.78 is 13.5. The summed E-state index contributed by atoms with van der Waals surface area (Å²) in [5, 5.41) is 0. The van der Waals surface area contributed by atoms with Gasteiger partial charge < -0.3 is 10.6 Å². The number of nitrogens with zero attached hydrogens (tertiary/aromatic N) is 1. The van der Waals surface area contributed by atoms with Crippen molar-refractivity contribution >= 4 is 30.1 Å². The van der Waals surface area contributed by atoms with Crippen molar-refractivity contribution in [2.45, 2.75) is 30.2 Å². The van der Waals surface area contributed by atoms with E-state index in [0.29, 0.717) is 28.9 Å². The van der Waals surface area contributed by atoms with Crippen molar-refractivity contribution in [3.8, 4) is 0 Å². The topological polar surface area (TPSA) is 46.3 Å². The van der Waals surface area contributed by atoms with Gasteiger partial charge in [-0.1, -0.05) is 12.1 Å². The van der Waals surface area contributed by atoms with Crippen LogP contribution in [0, 0.1) is 17.7 Å². The van der Waals surface area contributed by atoms with Gasteiger partial charge in [0.1, 0.15) is 5.82 Å². The number of thioether (sulfide) groups is 1. The number of benzene rings is 1. The highest BCUT2D eigenvalue weighted by Crippen LogP contribution is 2.37. The lowest BCUT2D eigenvalue weighted by Gasteiger charge is -2.18. The van der Waals surface area contributed by atoms with E-state index in [9.17, 15) is 9.18 Å². The first-order valence-corrected chi connectivity index (χ1v) is 8.54. The predicted molar refractivity (Wildman–Crippen MR) is 89.8 cm³/mol. The number of carbonyl (C=O) groups is 1. The Kier molecular flexibility index (Phi) is 6.12. The van der Waals surface area contributed by atoms with Crippen molar-refractivity contribution in [2.24, 2.45) is 17.6 Å². The number of halogens is 2. The first-order chi connectivity index (χ1) is 10.1. The monoisotopic (exact) mass is 344 g/mol. The van der Waals surface area contributed by atoms with E-state index in [-0.39, 0.29) is 30.2 Å². The van der Waals surface area contributed by atoms with Gasteiger partial charge in [-0.05, 0) is 36.8 Å². The number of hydrogen-bond donors (Lipinski definition) is 1. The fraction of sp³-hybridized carbons (Fsp3) is 0.562. The minimum Gasteiger partial charge on any atom is -0.342 e. The van der Waals surface area contributed by atoms with Crippen LogP contribution in [0.15, 0.2) is 29.2 Å². The summed E-state index contributed by atoms with van der Waals surface area (Å²) in [7, 11) is 0. The summed E-state index contributed by atoms with van der Waals surface area (Å²) >= 11 is 1.41. The Morgan fingerprint density at radius 3 is 2.82 bits per heavy atom. The third-order valence-corrected chi connectivity index (χ3v) is 5.73.